The van der Waals surface area contributed by atoms with Gasteiger partial charge in [-0.25, -0.2) is 4.79 Å². The van der Waals surface area contributed by atoms with Gasteiger partial charge in [0.15, 0.2) is 11.5 Å². The molecule has 1 aliphatic heterocycles. The largest absolute Gasteiger partial charge is 0.541 e. The number of carbonyl (C=O) groups excluding carboxylic acids is 2. The molecule has 0 aromatic heterocycles. The highest BCUT2D eigenvalue weighted by atomic mass is 28.4. The molecule has 1 heterocycles. The molecule has 1 atom stereocenters. The van der Waals surface area contributed by atoms with E-state index in [-0.39, 0.29) is 17.2 Å². The number of ether oxygens (including phenoxy) is 2. The Morgan fingerprint density at radius 1 is 1.16 bits per heavy atom. The quantitative estimate of drug-likeness (QED) is 0.381. The molecule has 0 N–H and O–H groups in total. The minimum atomic E-state index is -2.14. The summed E-state index contributed by atoms with van der Waals surface area (Å²) in [6.45, 7) is 20.5. The van der Waals surface area contributed by atoms with Crippen LogP contribution >= 0.6 is 0 Å². The second-order valence-corrected chi connectivity index (χ2v) is 15.6. The van der Waals surface area contributed by atoms with Gasteiger partial charge in [-0.3, -0.25) is 4.79 Å². The first-order chi connectivity index (χ1) is 14.6. The van der Waals surface area contributed by atoms with Crippen LogP contribution in [-0.4, -0.2) is 44.3 Å². The van der Waals surface area contributed by atoms with Crippen molar-refractivity contribution in [3.63, 3.8) is 0 Å². The van der Waals surface area contributed by atoms with Gasteiger partial charge in [0.1, 0.15) is 11.4 Å². The van der Waals surface area contributed by atoms with Crippen LogP contribution in [0.1, 0.15) is 65.1 Å². The van der Waals surface area contributed by atoms with Gasteiger partial charge in [-0.1, -0.05) is 27.4 Å². The highest BCUT2D eigenvalue weighted by molar-refractivity contribution is 6.74. The predicted octanol–water partition coefficient (Wildman–Crippen LogP) is 6.06. The molecule has 2 rings (SSSR count). The number of carbonyl (C=O) groups is 2. The zero-order valence-corrected chi connectivity index (χ0v) is 22.1. The minimum Gasteiger partial charge on any atom is -0.541 e. The second-order valence-electron chi connectivity index (χ2n) is 10.9. The summed E-state index contributed by atoms with van der Waals surface area (Å²) < 4.78 is 17.9. The molecule has 0 spiro atoms. The summed E-state index contributed by atoms with van der Waals surface area (Å²) in [7, 11) is -0.505. The monoisotopic (exact) mass is 461 g/mol. The number of benzene rings is 1. The fourth-order valence-electron chi connectivity index (χ4n) is 3.41. The molecule has 0 fully saturated rings. The van der Waals surface area contributed by atoms with Gasteiger partial charge in [-0.15, -0.1) is 0 Å². The highest BCUT2D eigenvalue weighted by Gasteiger charge is 2.41. The smallest absolute Gasteiger partial charge is 0.410 e. The topological polar surface area (TPSA) is 65.1 Å². The van der Waals surface area contributed by atoms with E-state index in [9.17, 15) is 9.59 Å². The lowest BCUT2D eigenvalue weighted by molar-refractivity contribution is -0.115. The van der Waals surface area contributed by atoms with Crippen molar-refractivity contribution < 1.29 is 23.5 Å². The Morgan fingerprint density at radius 2 is 1.78 bits per heavy atom. The molecule has 1 aromatic rings. The number of nitrogens with zero attached hydrogens (tertiary/aromatic N) is 1. The fourth-order valence-corrected chi connectivity index (χ4v) is 4.42. The Bertz CT molecular complexity index is 880. The molecule has 0 saturated heterocycles. The number of fused-ring (bicyclic) bond motifs is 1. The molecule has 1 aromatic carbocycles. The van der Waals surface area contributed by atoms with Gasteiger partial charge in [0.25, 0.3) is 8.32 Å². The number of amides is 1. The SMILES string of the molecule is C=CC(=O)C[C@@H]1c2cc(O[Si](C)(C)C(C)(C)C)c(OC)cc2CCN1C(=O)OC(C)(C)C. The number of allylic oxidation sites excluding steroid dienone is 1. The molecule has 0 bridgehead atoms. The van der Waals surface area contributed by atoms with Crippen molar-refractivity contribution in [2.45, 2.75) is 84.2 Å². The Labute approximate surface area is 194 Å². The maximum Gasteiger partial charge on any atom is 0.410 e. The molecule has 32 heavy (non-hydrogen) atoms. The summed E-state index contributed by atoms with van der Waals surface area (Å²) in [6.07, 6.45) is 1.66. The molecule has 1 amide bonds. The summed E-state index contributed by atoms with van der Waals surface area (Å²) in [5.41, 5.74) is 1.32. The Morgan fingerprint density at radius 3 is 2.28 bits per heavy atom. The van der Waals surface area contributed by atoms with Crippen LogP contribution in [0, 0.1) is 0 Å². The maximum atomic E-state index is 13.0. The Kier molecular flexibility index (Phi) is 7.54. The lowest BCUT2D eigenvalue weighted by atomic mass is 9.89. The third-order valence-electron chi connectivity index (χ3n) is 6.20. The zero-order chi connectivity index (χ0) is 24.5. The molecule has 178 valence electrons. The molecule has 7 heteroatoms. The van der Waals surface area contributed by atoms with Gasteiger partial charge < -0.3 is 18.8 Å². The van der Waals surface area contributed by atoms with E-state index in [1.165, 1.54) is 6.08 Å². The maximum absolute atomic E-state index is 13.0. The first-order valence-corrected chi connectivity index (χ1v) is 14.0. The van der Waals surface area contributed by atoms with Gasteiger partial charge in [-0.05, 0) is 74.7 Å². The van der Waals surface area contributed by atoms with E-state index < -0.39 is 26.1 Å². The lowest BCUT2D eigenvalue weighted by Crippen LogP contribution is -2.45. The van der Waals surface area contributed by atoms with Gasteiger partial charge in [-0.2, -0.15) is 0 Å². The van der Waals surface area contributed by atoms with Crippen molar-refractivity contribution in [3.05, 3.63) is 35.9 Å². The van der Waals surface area contributed by atoms with E-state index in [4.69, 9.17) is 13.9 Å². The number of hydrogen-bond acceptors (Lipinski definition) is 5. The zero-order valence-electron chi connectivity index (χ0n) is 21.1. The average Bonchev–Trinajstić information content (AvgIpc) is 2.65. The summed E-state index contributed by atoms with van der Waals surface area (Å²) in [5.74, 6) is 1.20. The normalized spacial score (nSPS) is 16.8. The molecule has 0 unspecified atom stereocenters. The van der Waals surface area contributed by atoms with Crippen LogP contribution in [0.4, 0.5) is 4.79 Å². The second kappa shape index (κ2) is 9.30. The minimum absolute atomic E-state index is 0.00860. The first kappa shape index (κ1) is 26.0. The van der Waals surface area contributed by atoms with Crippen LogP contribution in [-0.2, 0) is 16.0 Å². The molecule has 0 aliphatic carbocycles. The van der Waals surface area contributed by atoms with E-state index >= 15 is 0 Å². The summed E-state index contributed by atoms with van der Waals surface area (Å²) >= 11 is 0. The fraction of sp³-hybridized carbons (Fsp3) is 0.600. The van der Waals surface area contributed by atoms with Crippen LogP contribution in [0.2, 0.25) is 18.1 Å². The van der Waals surface area contributed by atoms with Crippen molar-refractivity contribution in [1.29, 1.82) is 0 Å². The molecular weight excluding hydrogens is 422 g/mol. The Hall–Kier alpha value is -2.28. The van der Waals surface area contributed by atoms with Crippen LogP contribution < -0.4 is 9.16 Å². The van der Waals surface area contributed by atoms with Crippen LogP contribution in [0.15, 0.2) is 24.8 Å². The van der Waals surface area contributed by atoms with Crippen LogP contribution in [0.5, 0.6) is 11.5 Å². The van der Waals surface area contributed by atoms with E-state index in [1.54, 1.807) is 12.0 Å². The average molecular weight is 462 g/mol. The van der Waals surface area contributed by atoms with Crippen molar-refractivity contribution >= 4 is 20.2 Å². The van der Waals surface area contributed by atoms with E-state index in [0.29, 0.717) is 24.5 Å². The van der Waals surface area contributed by atoms with Crippen LogP contribution in [0.25, 0.3) is 0 Å². The molecule has 1 aliphatic rings. The summed E-state index contributed by atoms with van der Waals surface area (Å²) in [4.78, 5) is 27.0. The Balaban J connectivity index is 2.56. The van der Waals surface area contributed by atoms with Gasteiger partial charge in [0.2, 0.25) is 0 Å². The van der Waals surface area contributed by atoms with Crippen molar-refractivity contribution in [1.82, 2.24) is 4.90 Å². The van der Waals surface area contributed by atoms with Gasteiger partial charge >= 0.3 is 6.09 Å². The number of methoxy groups -OCH3 is 1. The molecule has 0 radical (unpaired) electrons. The van der Waals surface area contributed by atoms with E-state index in [2.05, 4.69) is 40.4 Å². The predicted molar refractivity (Wildman–Crippen MR) is 130 cm³/mol. The first-order valence-electron chi connectivity index (χ1n) is 11.1. The van der Waals surface area contributed by atoms with Crippen molar-refractivity contribution in [3.8, 4) is 11.5 Å². The number of ketones is 1. The number of hydrogen-bond donors (Lipinski definition) is 0. The number of rotatable bonds is 6. The molecule has 6 nitrogen and oxygen atoms in total. The van der Waals surface area contributed by atoms with Crippen molar-refractivity contribution in [2.75, 3.05) is 13.7 Å². The van der Waals surface area contributed by atoms with E-state index in [0.717, 1.165) is 11.1 Å². The lowest BCUT2D eigenvalue weighted by Gasteiger charge is -2.40. The summed E-state index contributed by atoms with van der Waals surface area (Å²) in [6, 6.07) is 3.48. The standard InChI is InChI=1S/C25H39NO5Si/c1-11-18(27)15-20-19-16-22(31-32(9,10)25(5,6)7)21(29-8)14-17(19)12-13-26(20)23(28)30-24(2,3)4/h11,14,16,20H,1,12-13,15H2,2-10H3/t20-/m1/s1. The third-order valence-corrected chi connectivity index (χ3v) is 10.5. The van der Waals surface area contributed by atoms with Gasteiger partial charge in [0, 0.05) is 13.0 Å². The third kappa shape index (κ3) is 5.94. The highest BCUT2D eigenvalue weighted by Crippen LogP contribution is 2.44. The van der Waals surface area contributed by atoms with E-state index in [1.807, 2.05) is 32.9 Å². The summed E-state index contributed by atoms with van der Waals surface area (Å²) in [5, 5.41) is 0.00860. The van der Waals surface area contributed by atoms with Gasteiger partial charge in [0.05, 0.1) is 13.2 Å². The van der Waals surface area contributed by atoms with Crippen molar-refractivity contribution in [2.24, 2.45) is 0 Å². The molecule has 0 saturated carbocycles. The van der Waals surface area contributed by atoms with Crippen LogP contribution in [0.3, 0.4) is 0 Å². The molecular formula is C25H39NO5Si.